The van der Waals surface area contributed by atoms with Crippen LogP contribution in [0.4, 0.5) is 4.79 Å². The van der Waals surface area contributed by atoms with Gasteiger partial charge in [0.15, 0.2) is 9.84 Å². The van der Waals surface area contributed by atoms with Crippen LogP contribution in [0, 0.1) is 0 Å². The zero-order chi connectivity index (χ0) is 18.3. The van der Waals surface area contributed by atoms with Crippen molar-refractivity contribution in [2.24, 2.45) is 0 Å². The van der Waals surface area contributed by atoms with E-state index in [4.69, 9.17) is 0 Å². The fourth-order valence-corrected chi connectivity index (χ4v) is 4.89. The summed E-state index contributed by atoms with van der Waals surface area (Å²) in [5.74, 6) is -0.848. The third-order valence-corrected chi connectivity index (χ3v) is 6.44. The number of nitrogens with zero attached hydrogens (tertiary/aromatic N) is 2. The van der Waals surface area contributed by atoms with E-state index in [9.17, 15) is 22.8 Å². The lowest BCUT2D eigenvalue weighted by Gasteiger charge is -2.34. The summed E-state index contributed by atoms with van der Waals surface area (Å²) in [5.41, 5.74) is -1.03. The van der Waals surface area contributed by atoms with Gasteiger partial charge in [-0.15, -0.1) is 0 Å². The molecule has 0 aromatic heterocycles. The number of carbonyl (C=O) groups is 3. The summed E-state index contributed by atoms with van der Waals surface area (Å²) in [5, 5.41) is 2.53. The summed E-state index contributed by atoms with van der Waals surface area (Å²) in [6.45, 7) is 6.54. The average Bonchev–Trinajstić information content (AvgIpc) is 2.90. The van der Waals surface area contributed by atoms with Gasteiger partial charge < -0.3 is 10.2 Å². The van der Waals surface area contributed by atoms with Crippen molar-refractivity contribution in [1.82, 2.24) is 15.1 Å². The Morgan fingerprint density at radius 1 is 1.42 bits per heavy atom. The van der Waals surface area contributed by atoms with Crippen LogP contribution in [0.3, 0.4) is 0 Å². The highest BCUT2D eigenvalue weighted by molar-refractivity contribution is 7.91. The number of nitrogens with one attached hydrogen (secondary N) is 1. The molecule has 0 radical (unpaired) electrons. The minimum Gasteiger partial charge on any atom is -0.334 e. The zero-order valence-corrected chi connectivity index (χ0v) is 15.4. The van der Waals surface area contributed by atoms with Gasteiger partial charge in [-0.1, -0.05) is 6.92 Å². The molecule has 4 amide bonds. The first-order chi connectivity index (χ1) is 11.0. The normalized spacial score (nSPS) is 26.3. The summed E-state index contributed by atoms with van der Waals surface area (Å²) in [6.07, 6.45) is 1.05. The molecule has 2 aliphatic heterocycles. The lowest BCUT2D eigenvalue weighted by atomic mass is 10.1. The van der Waals surface area contributed by atoms with Crippen molar-refractivity contribution >= 4 is 27.7 Å². The summed E-state index contributed by atoms with van der Waals surface area (Å²) in [7, 11) is -3.14. The van der Waals surface area contributed by atoms with Crippen LogP contribution in [0.5, 0.6) is 0 Å². The van der Waals surface area contributed by atoms with Crippen molar-refractivity contribution in [3.63, 3.8) is 0 Å². The molecule has 8 nitrogen and oxygen atoms in total. The van der Waals surface area contributed by atoms with Gasteiger partial charge in [0, 0.05) is 12.1 Å². The highest BCUT2D eigenvalue weighted by atomic mass is 32.2. The van der Waals surface area contributed by atoms with Crippen LogP contribution in [0.25, 0.3) is 0 Å². The number of sulfone groups is 1. The predicted octanol–water partition coefficient (Wildman–Crippen LogP) is 0.131. The van der Waals surface area contributed by atoms with Gasteiger partial charge in [-0.05, 0) is 33.6 Å². The number of urea groups is 1. The molecule has 1 N–H and O–H groups in total. The van der Waals surface area contributed by atoms with Crippen molar-refractivity contribution in [2.75, 3.05) is 18.1 Å². The molecule has 136 valence electrons. The van der Waals surface area contributed by atoms with Crippen LogP contribution in [0.2, 0.25) is 0 Å². The number of hydrogen-bond donors (Lipinski definition) is 1. The lowest BCUT2D eigenvalue weighted by molar-refractivity contribution is -0.141. The first kappa shape index (κ1) is 18.7. The first-order valence-electron chi connectivity index (χ1n) is 8.14. The minimum atomic E-state index is -3.14. The van der Waals surface area contributed by atoms with Crippen LogP contribution in [0.15, 0.2) is 0 Å². The summed E-state index contributed by atoms with van der Waals surface area (Å²) in [6, 6.07) is -1.16. The highest BCUT2D eigenvalue weighted by Crippen LogP contribution is 2.23. The van der Waals surface area contributed by atoms with Gasteiger partial charge in [-0.2, -0.15) is 0 Å². The Balaban J connectivity index is 2.17. The van der Waals surface area contributed by atoms with Crippen LogP contribution in [0.1, 0.15) is 40.5 Å². The van der Waals surface area contributed by atoms with Crippen LogP contribution in [-0.4, -0.2) is 71.7 Å². The SMILES string of the molecule is CC[C@@H](C)N(C(=O)CN1C(=O)NC(C)(C)C1=O)[C@H]1CCS(=O)(=O)C1. The van der Waals surface area contributed by atoms with E-state index in [2.05, 4.69) is 5.32 Å². The molecule has 0 aromatic rings. The zero-order valence-electron chi connectivity index (χ0n) is 14.5. The minimum absolute atomic E-state index is 0.0608. The maximum absolute atomic E-state index is 12.8. The number of imide groups is 1. The Morgan fingerprint density at radius 3 is 2.46 bits per heavy atom. The van der Waals surface area contributed by atoms with Crippen LogP contribution >= 0.6 is 0 Å². The number of hydrogen-bond acceptors (Lipinski definition) is 5. The predicted molar refractivity (Wildman–Crippen MR) is 88.0 cm³/mol. The third-order valence-electron chi connectivity index (χ3n) is 4.69. The molecule has 0 aliphatic carbocycles. The van der Waals surface area contributed by atoms with Gasteiger partial charge in [0.2, 0.25) is 5.91 Å². The van der Waals surface area contributed by atoms with Crippen molar-refractivity contribution in [3.05, 3.63) is 0 Å². The molecule has 0 saturated carbocycles. The maximum atomic E-state index is 12.8. The standard InChI is InChI=1S/C15H25N3O5S/c1-5-10(2)18(11-6-7-24(22,23)9-11)12(19)8-17-13(20)15(3,4)16-14(17)21/h10-11H,5-9H2,1-4H3,(H,16,21)/t10-,11+/m1/s1. The van der Waals surface area contributed by atoms with Crippen molar-refractivity contribution in [3.8, 4) is 0 Å². The van der Waals surface area contributed by atoms with Gasteiger partial charge >= 0.3 is 6.03 Å². The molecule has 2 saturated heterocycles. The molecule has 2 fully saturated rings. The molecular weight excluding hydrogens is 334 g/mol. The average molecular weight is 359 g/mol. The quantitative estimate of drug-likeness (QED) is 0.703. The van der Waals surface area contributed by atoms with Crippen molar-refractivity contribution in [1.29, 1.82) is 0 Å². The number of rotatable bonds is 5. The Morgan fingerprint density at radius 2 is 2.04 bits per heavy atom. The van der Waals surface area contributed by atoms with Crippen molar-refractivity contribution in [2.45, 2.75) is 58.2 Å². The van der Waals surface area contributed by atoms with Crippen LogP contribution in [-0.2, 0) is 19.4 Å². The molecular formula is C15H25N3O5S. The van der Waals surface area contributed by atoms with E-state index in [-0.39, 0.29) is 24.1 Å². The monoisotopic (exact) mass is 359 g/mol. The van der Waals surface area contributed by atoms with Gasteiger partial charge in [0.05, 0.1) is 11.5 Å². The second kappa shape index (κ2) is 6.34. The fourth-order valence-electron chi connectivity index (χ4n) is 3.18. The Bertz CT molecular complexity index is 658. The largest absolute Gasteiger partial charge is 0.334 e. The smallest absolute Gasteiger partial charge is 0.325 e. The van der Waals surface area contributed by atoms with E-state index in [1.165, 1.54) is 4.90 Å². The molecule has 0 spiro atoms. The number of amides is 4. The Hall–Kier alpha value is -1.64. The first-order valence-corrected chi connectivity index (χ1v) is 9.96. The van der Waals surface area contributed by atoms with Crippen molar-refractivity contribution < 1.29 is 22.8 Å². The molecule has 24 heavy (non-hydrogen) atoms. The summed E-state index contributed by atoms with van der Waals surface area (Å²) >= 11 is 0. The topological polar surface area (TPSA) is 104 Å². The number of carbonyl (C=O) groups excluding carboxylic acids is 3. The summed E-state index contributed by atoms with van der Waals surface area (Å²) < 4.78 is 23.5. The molecule has 9 heteroatoms. The fraction of sp³-hybridized carbons (Fsp3) is 0.800. The maximum Gasteiger partial charge on any atom is 0.325 e. The molecule has 2 rings (SSSR count). The third kappa shape index (κ3) is 3.55. The second-order valence-corrected chi connectivity index (χ2v) is 9.29. The van der Waals surface area contributed by atoms with E-state index < -0.39 is 39.3 Å². The molecule has 0 unspecified atom stereocenters. The molecule has 2 heterocycles. The Labute approximate surface area is 142 Å². The lowest BCUT2D eigenvalue weighted by Crippen LogP contribution is -2.51. The van der Waals surface area contributed by atoms with Gasteiger partial charge in [-0.25, -0.2) is 13.2 Å². The highest BCUT2D eigenvalue weighted by Gasteiger charge is 2.46. The molecule has 2 atom stereocenters. The summed E-state index contributed by atoms with van der Waals surface area (Å²) in [4.78, 5) is 39.4. The van der Waals surface area contributed by atoms with E-state index in [1.807, 2.05) is 13.8 Å². The van der Waals surface area contributed by atoms with E-state index in [0.717, 1.165) is 4.90 Å². The van der Waals surface area contributed by atoms with Crippen LogP contribution < -0.4 is 5.32 Å². The van der Waals surface area contributed by atoms with E-state index in [1.54, 1.807) is 13.8 Å². The molecule has 0 bridgehead atoms. The van der Waals surface area contributed by atoms with E-state index >= 15 is 0 Å². The molecule has 0 aromatic carbocycles. The molecule has 2 aliphatic rings. The van der Waals surface area contributed by atoms with Gasteiger partial charge in [0.25, 0.3) is 5.91 Å². The van der Waals surface area contributed by atoms with Gasteiger partial charge in [-0.3, -0.25) is 14.5 Å². The van der Waals surface area contributed by atoms with Gasteiger partial charge in [0.1, 0.15) is 12.1 Å². The Kier molecular flexibility index (Phi) is 4.94. The second-order valence-electron chi connectivity index (χ2n) is 7.06. The van der Waals surface area contributed by atoms with E-state index in [0.29, 0.717) is 12.8 Å².